The Kier molecular flexibility index (Phi) is 5.32. The highest BCUT2D eigenvalue weighted by Gasteiger charge is 2.30. The smallest absolute Gasteiger partial charge is 0.279 e. The van der Waals surface area contributed by atoms with E-state index in [1.807, 2.05) is 13.8 Å². The van der Waals surface area contributed by atoms with Crippen LogP contribution in [0.4, 0.5) is 0 Å². The molecule has 14 heavy (non-hydrogen) atoms. The van der Waals surface area contributed by atoms with E-state index in [2.05, 4.69) is 10.0 Å². The van der Waals surface area contributed by atoms with Crippen LogP contribution in [0.3, 0.4) is 0 Å². The molecule has 0 aromatic carbocycles. The third kappa shape index (κ3) is 3.36. The molecular weight excluding hydrogens is 226 g/mol. The number of hydrogen-bond acceptors (Lipinski definition) is 3. The van der Waals surface area contributed by atoms with Crippen LogP contribution in [0.1, 0.15) is 13.8 Å². The Hall–Kier alpha value is 0.120. The minimum absolute atomic E-state index is 0. The summed E-state index contributed by atoms with van der Waals surface area (Å²) in [5, 5.41) is 3.03. The van der Waals surface area contributed by atoms with Gasteiger partial charge in [0, 0.05) is 26.2 Å². The Morgan fingerprint density at radius 2 is 1.93 bits per heavy atom. The number of rotatable bonds is 4. The number of likely N-dealkylation sites (N-methyl/N-ethyl adjacent to an activating group) is 1. The van der Waals surface area contributed by atoms with E-state index in [0.29, 0.717) is 0 Å². The van der Waals surface area contributed by atoms with E-state index in [1.54, 1.807) is 7.05 Å². The standard InChI is InChI=1S/C7H17N3O2S.ClH/c1-6(2)9-13(11,12)10(3)7-4-8-5-7;/h6-9H,4-5H2,1-3H3;1H. The van der Waals surface area contributed by atoms with Gasteiger partial charge in [-0.15, -0.1) is 12.4 Å². The van der Waals surface area contributed by atoms with E-state index in [4.69, 9.17) is 0 Å². The van der Waals surface area contributed by atoms with Crippen molar-refractivity contribution in [2.45, 2.75) is 25.9 Å². The van der Waals surface area contributed by atoms with Crippen LogP contribution < -0.4 is 10.0 Å². The van der Waals surface area contributed by atoms with Gasteiger partial charge in [-0.05, 0) is 13.8 Å². The fourth-order valence-corrected chi connectivity index (χ4v) is 2.41. The van der Waals surface area contributed by atoms with E-state index < -0.39 is 10.2 Å². The molecule has 7 heteroatoms. The Labute approximate surface area is 91.8 Å². The second kappa shape index (κ2) is 5.27. The van der Waals surface area contributed by atoms with Gasteiger partial charge in [-0.2, -0.15) is 17.4 Å². The van der Waals surface area contributed by atoms with Crippen LogP contribution in [0, 0.1) is 0 Å². The number of hydrogen-bond donors (Lipinski definition) is 2. The molecule has 1 fully saturated rings. The van der Waals surface area contributed by atoms with Crippen LogP contribution in [0.5, 0.6) is 0 Å². The second-order valence-corrected chi connectivity index (χ2v) is 5.37. The zero-order valence-corrected chi connectivity index (χ0v) is 10.3. The van der Waals surface area contributed by atoms with Crippen molar-refractivity contribution < 1.29 is 8.42 Å². The molecule has 0 aliphatic carbocycles. The van der Waals surface area contributed by atoms with Gasteiger partial charge < -0.3 is 5.32 Å². The zero-order chi connectivity index (χ0) is 10.1. The predicted octanol–water partition coefficient (Wildman–Crippen LogP) is -0.445. The Morgan fingerprint density at radius 3 is 2.21 bits per heavy atom. The van der Waals surface area contributed by atoms with Crippen LogP contribution in [-0.2, 0) is 10.2 Å². The van der Waals surface area contributed by atoms with Gasteiger partial charge in [-0.25, -0.2) is 0 Å². The lowest BCUT2D eigenvalue weighted by Gasteiger charge is -2.34. The maximum atomic E-state index is 11.6. The summed E-state index contributed by atoms with van der Waals surface area (Å²) in [6.45, 7) is 5.11. The number of nitrogens with one attached hydrogen (secondary N) is 2. The lowest BCUT2D eigenvalue weighted by Crippen LogP contribution is -2.59. The van der Waals surface area contributed by atoms with Crippen LogP contribution >= 0.6 is 12.4 Å². The first-order chi connectivity index (χ1) is 5.93. The lowest BCUT2D eigenvalue weighted by molar-refractivity contribution is 0.270. The highest BCUT2D eigenvalue weighted by molar-refractivity contribution is 7.87. The third-order valence-corrected chi connectivity index (χ3v) is 3.86. The van der Waals surface area contributed by atoms with Gasteiger partial charge in [0.15, 0.2) is 0 Å². The fourth-order valence-electron chi connectivity index (χ4n) is 1.11. The first-order valence-corrected chi connectivity index (χ1v) is 5.83. The first kappa shape index (κ1) is 14.1. The van der Waals surface area contributed by atoms with Crippen molar-refractivity contribution in [3.05, 3.63) is 0 Å². The molecule has 0 saturated carbocycles. The van der Waals surface area contributed by atoms with Crippen molar-refractivity contribution in [2.75, 3.05) is 20.1 Å². The highest BCUT2D eigenvalue weighted by atomic mass is 35.5. The van der Waals surface area contributed by atoms with Crippen molar-refractivity contribution in [2.24, 2.45) is 0 Å². The van der Waals surface area contributed by atoms with Gasteiger partial charge in [-0.3, -0.25) is 0 Å². The first-order valence-electron chi connectivity index (χ1n) is 4.39. The summed E-state index contributed by atoms with van der Waals surface area (Å²) < 4.78 is 27.1. The van der Waals surface area contributed by atoms with Gasteiger partial charge in [0.25, 0.3) is 10.2 Å². The van der Waals surface area contributed by atoms with Crippen LogP contribution in [0.2, 0.25) is 0 Å². The molecule has 1 aliphatic heterocycles. The van der Waals surface area contributed by atoms with E-state index in [9.17, 15) is 8.42 Å². The van der Waals surface area contributed by atoms with Gasteiger partial charge in [-0.1, -0.05) is 0 Å². The third-order valence-electron chi connectivity index (χ3n) is 2.04. The van der Waals surface area contributed by atoms with Crippen LogP contribution in [0.15, 0.2) is 0 Å². The minimum Gasteiger partial charge on any atom is -0.313 e. The Balaban J connectivity index is 0.00000169. The molecule has 86 valence electrons. The topological polar surface area (TPSA) is 61.4 Å². The summed E-state index contributed by atoms with van der Waals surface area (Å²) >= 11 is 0. The maximum Gasteiger partial charge on any atom is 0.279 e. The molecule has 0 bridgehead atoms. The lowest BCUT2D eigenvalue weighted by atomic mass is 10.2. The summed E-state index contributed by atoms with van der Waals surface area (Å²) in [7, 11) is -1.67. The van der Waals surface area contributed by atoms with Crippen molar-refractivity contribution >= 4 is 22.6 Å². The van der Waals surface area contributed by atoms with E-state index in [0.717, 1.165) is 13.1 Å². The summed E-state index contributed by atoms with van der Waals surface area (Å²) in [6, 6.07) is 0.0525. The van der Waals surface area contributed by atoms with E-state index >= 15 is 0 Å². The number of halogens is 1. The molecule has 0 radical (unpaired) electrons. The molecule has 1 rings (SSSR count). The SMILES string of the molecule is CC(C)NS(=O)(=O)N(C)C1CNC1.Cl. The van der Waals surface area contributed by atoms with Crippen molar-refractivity contribution in [3.63, 3.8) is 0 Å². The Bertz CT molecular complexity index is 264. The van der Waals surface area contributed by atoms with Crippen molar-refractivity contribution in [1.82, 2.24) is 14.3 Å². The quantitative estimate of drug-likeness (QED) is 0.704. The molecule has 1 saturated heterocycles. The van der Waals surface area contributed by atoms with Crippen molar-refractivity contribution in [1.29, 1.82) is 0 Å². The monoisotopic (exact) mass is 243 g/mol. The molecule has 0 amide bonds. The molecule has 0 spiro atoms. The van der Waals surface area contributed by atoms with E-state index in [1.165, 1.54) is 4.31 Å². The molecule has 0 atom stereocenters. The van der Waals surface area contributed by atoms with E-state index in [-0.39, 0.29) is 24.5 Å². The molecule has 0 aromatic heterocycles. The predicted molar refractivity (Wildman–Crippen MR) is 58.9 cm³/mol. The number of nitrogens with zero attached hydrogens (tertiary/aromatic N) is 1. The second-order valence-electron chi connectivity index (χ2n) is 3.61. The average molecular weight is 244 g/mol. The molecule has 5 nitrogen and oxygen atoms in total. The maximum absolute atomic E-state index is 11.6. The molecular formula is C7H18ClN3O2S. The largest absolute Gasteiger partial charge is 0.313 e. The molecule has 1 heterocycles. The minimum atomic E-state index is -3.28. The van der Waals surface area contributed by atoms with Gasteiger partial charge in [0.05, 0.1) is 6.04 Å². The van der Waals surface area contributed by atoms with Gasteiger partial charge in [0.1, 0.15) is 0 Å². The summed E-state index contributed by atoms with van der Waals surface area (Å²) in [6.07, 6.45) is 0. The van der Waals surface area contributed by atoms with Gasteiger partial charge >= 0.3 is 0 Å². The molecule has 1 aliphatic rings. The fraction of sp³-hybridized carbons (Fsp3) is 1.00. The molecule has 0 aromatic rings. The van der Waals surface area contributed by atoms with Crippen LogP contribution in [0.25, 0.3) is 0 Å². The van der Waals surface area contributed by atoms with Gasteiger partial charge in [0.2, 0.25) is 0 Å². The van der Waals surface area contributed by atoms with Crippen LogP contribution in [-0.4, -0.2) is 44.9 Å². The summed E-state index contributed by atoms with van der Waals surface area (Å²) in [5.41, 5.74) is 0. The zero-order valence-electron chi connectivity index (χ0n) is 8.65. The Morgan fingerprint density at radius 1 is 1.43 bits per heavy atom. The summed E-state index contributed by atoms with van der Waals surface area (Å²) in [5.74, 6) is 0. The normalized spacial score (nSPS) is 18.1. The highest BCUT2D eigenvalue weighted by Crippen LogP contribution is 2.06. The molecule has 0 unspecified atom stereocenters. The average Bonchev–Trinajstić information content (AvgIpc) is 1.79. The van der Waals surface area contributed by atoms with Crippen molar-refractivity contribution in [3.8, 4) is 0 Å². The summed E-state index contributed by atoms with van der Waals surface area (Å²) in [4.78, 5) is 0. The molecule has 2 N–H and O–H groups in total.